The van der Waals surface area contributed by atoms with Crippen LogP contribution in [-0.2, 0) is 9.53 Å². The van der Waals surface area contributed by atoms with E-state index in [4.69, 9.17) is 4.74 Å². The molecule has 1 heterocycles. The Bertz CT molecular complexity index is 341. The van der Waals surface area contributed by atoms with E-state index in [0.717, 1.165) is 6.42 Å². The summed E-state index contributed by atoms with van der Waals surface area (Å²) in [5.74, 6) is -0.0554. The summed E-state index contributed by atoms with van der Waals surface area (Å²) >= 11 is 1.67. The lowest BCUT2D eigenvalue weighted by Gasteiger charge is -2.21. The maximum Gasteiger partial charge on any atom is 0.246 e. The Balaban J connectivity index is 2.44. The van der Waals surface area contributed by atoms with Crippen molar-refractivity contribution in [3.8, 4) is 0 Å². The molecule has 0 radical (unpaired) electrons. The smallest absolute Gasteiger partial charge is 0.246 e. The normalized spacial score (nSPS) is 13.4. The molecule has 0 fully saturated rings. The molecule has 1 amide bonds. The maximum atomic E-state index is 11.7. The molecule has 1 aromatic heterocycles. The van der Waals surface area contributed by atoms with Crippen molar-refractivity contribution in [3.63, 3.8) is 0 Å². The predicted molar refractivity (Wildman–Crippen MR) is 71.2 cm³/mol. The first-order valence-corrected chi connectivity index (χ1v) is 6.77. The number of ether oxygens (including phenoxy) is 1. The molecular weight excluding hydrogens is 234 g/mol. The molecule has 0 bridgehead atoms. The van der Waals surface area contributed by atoms with Crippen molar-refractivity contribution in [1.82, 2.24) is 5.32 Å². The Morgan fingerprint density at radius 3 is 2.71 bits per heavy atom. The molecule has 0 aliphatic carbocycles. The Hall–Kier alpha value is -0.870. The van der Waals surface area contributed by atoms with Crippen LogP contribution in [0.4, 0.5) is 0 Å². The monoisotopic (exact) mass is 255 g/mol. The van der Waals surface area contributed by atoms with E-state index in [1.54, 1.807) is 11.3 Å². The van der Waals surface area contributed by atoms with Crippen molar-refractivity contribution in [2.45, 2.75) is 45.8 Å². The Kier molecular flexibility index (Phi) is 5.15. The third kappa shape index (κ3) is 5.33. The van der Waals surface area contributed by atoms with E-state index < -0.39 is 0 Å². The van der Waals surface area contributed by atoms with Crippen LogP contribution < -0.4 is 5.32 Å². The van der Waals surface area contributed by atoms with Crippen LogP contribution in [0.2, 0.25) is 0 Å². The van der Waals surface area contributed by atoms with Crippen LogP contribution in [0.25, 0.3) is 0 Å². The van der Waals surface area contributed by atoms with E-state index in [-0.39, 0.29) is 24.2 Å². The van der Waals surface area contributed by atoms with Gasteiger partial charge in [0, 0.05) is 4.88 Å². The van der Waals surface area contributed by atoms with Crippen LogP contribution in [-0.4, -0.2) is 18.1 Å². The molecule has 0 spiro atoms. The first-order valence-electron chi connectivity index (χ1n) is 5.89. The summed E-state index contributed by atoms with van der Waals surface area (Å²) in [5.41, 5.74) is -0.276. The number of carbonyl (C=O) groups excluding carboxylic acids is 1. The van der Waals surface area contributed by atoms with E-state index in [2.05, 4.69) is 12.2 Å². The van der Waals surface area contributed by atoms with Crippen LogP contribution in [0.1, 0.15) is 45.0 Å². The summed E-state index contributed by atoms with van der Waals surface area (Å²) in [6.45, 7) is 8.01. The van der Waals surface area contributed by atoms with Crippen LogP contribution in [0, 0.1) is 0 Å². The van der Waals surface area contributed by atoms with Gasteiger partial charge in [-0.1, -0.05) is 13.0 Å². The Morgan fingerprint density at radius 2 is 2.24 bits per heavy atom. The van der Waals surface area contributed by atoms with Gasteiger partial charge in [0.05, 0.1) is 11.6 Å². The van der Waals surface area contributed by atoms with Gasteiger partial charge in [-0.05, 0) is 38.6 Å². The highest BCUT2D eigenvalue weighted by Gasteiger charge is 2.16. The van der Waals surface area contributed by atoms with Crippen molar-refractivity contribution in [2.75, 3.05) is 6.61 Å². The summed E-state index contributed by atoms with van der Waals surface area (Å²) in [5, 5.41) is 5.01. The second-order valence-corrected chi connectivity index (χ2v) is 5.92. The average molecular weight is 255 g/mol. The summed E-state index contributed by atoms with van der Waals surface area (Å²) < 4.78 is 5.45. The van der Waals surface area contributed by atoms with Crippen LogP contribution in [0.15, 0.2) is 17.5 Å². The molecule has 0 aliphatic heterocycles. The number of nitrogens with one attached hydrogen (secondary N) is 1. The standard InChI is InChI=1S/C13H21NO2S/c1-5-10(11-7-6-8-17-11)14-12(15)9-16-13(2,3)4/h6-8,10H,5,9H2,1-4H3,(H,14,15). The maximum absolute atomic E-state index is 11.7. The summed E-state index contributed by atoms with van der Waals surface area (Å²) in [6, 6.07) is 4.15. The number of thiophene rings is 1. The molecule has 1 unspecified atom stereocenters. The lowest BCUT2D eigenvalue weighted by atomic mass is 10.2. The molecule has 1 atom stereocenters. The molecule has 96 valence electrons. The first kappa shape index (κ1) is 14.2. The zero-order chi connectivity index (χ0) is 12.9. The van der Waals surface area contributed by atoms with Gasteiger partial charge in [0.1, 0.15) is 6.61 Å². The highest BCUT2D eigenvalue weighted by atomic mass is 32.1. The van der Waals surface area contributed by atoms with Crippen LogP contribution in [0.5, 0.6) is 0 Å². The number of amides is 1. The van der Waals surface area contributed by atoms with Crippen LogP contribution >= 0.6 is 11.3 Å². The molecule has 1 N–H and O–H groups in total. The lowest BCUT2D eigenvalue weighted by Crippen LogP contribution is -2.34. The van der Waals surface area contributed by atoms with Crippen molar-refractivity contribution in [3.05, 3.63) is 22.4 Å². The summed E-state index contributed by atoms with van der Waals surface area (Å²) in [6.07, 6.45) is 0.891. The fourth-order valence-electron chi connectivity index (χ4n) is 1.38. The van der Waals surface area contributed by atoms with Gasteiger partial charge in [-0.25, -0.2) is 0 Å². The second kappa shape index (κ2) is 6.17. The predicted octanol–water partition coefficient (Wildman–Crippen LogP) is 3.13. The number of rotatable bonds is 5. The second-order valence-electron chi connectivity index (χ2n) is 4.94. The van der Waals surface area contributed by atoms with E-state index in [1.165, 1.54) is 4.88 Å². The zero-order valence-corrected chi connectivity index (χ0v) is 11.8. The Labute approximate surface area is 107 Å². The largest absolute Gasteiger partial charge is 0.366 e. The molecule has 0 saturated heterocycles. The third-order valence-electron chi connectivity index (χ3n) is 2.27. The van der Waals surface area contributed by atoms with Crippen molar-refractivity contribution < 1.29 is 9.53 Å². The van der Waals surface area contributed by atoms with Crippen molar-refractivity contribution in [2.24, 2.45) is 0 Å². The van der Waals surface area contributed by atoms with E-state index in [1.807, 2.05) is 38.3 Å². The van der Waals surface area contributed by atoms with Gasteiger partial charge in [-0.2, -0.15) is 0 Å². The molecule has 3 nitrogen and oxygen atoms in total. The van der Waals surface area contributed by atoms with E-state index >= 15 is 0 Å². The SMILES string of the molecule is CCC(NC(=O)COC(C)(C)C)c1cccs1. The minimum absolute atomic E-state index is 0.0554. The van der Waals surface area contributed by atoms with Crippen molar-refractivity contribution >= 4 is 17.2 Å². The van der Waals surface area contributed by atoms with Gasteiger partial charge in [0.25, 0.3) is 0 Å². The number of hydrogen-bond donors (Lipinski definition) is 1. The fraction of sp³-hybridized carbons (Fsp3) is 0.615. The van der Waals surface area contributed by atoms with E-state index in [0.29, 0.717) is 0 Å². The number of hydrogen-bond acceptors (Lipinski definition) is 3. The van der Waals surface area contributed by atoms with E-state index in [9.17, 15) is 4.79 Å². The number of carbonyl (C=O) groups is 1. The third-order valence-corrected chi connectivity index (χ3v) is 3.25. The highest BCUT2D eigenvalue weighted by Crippen LogP contribution is 2.21. The first-order chi connectivity index (χ1) is 7.92. The minimum atomic E-state index is -0.276. The quantitative estimate of drug-likeness (QED) is 0.878. The summed E-state index contributed by atoms with van der Waals surface area (Å²) in [4.78, 5) is 12.9. The topological polar surface area (TPSA) is 38.3 Å². The van der Waals surface area contributed by atoms with Crippen LogP contribution in [0.3, 0.4) is 0 Å². The Morgan fingerprint density at radius 1 is 1.53 bits per heavy atom. The van der Waals surface area contributed by atoms with Gasteiger partial charge >= 0.3 is 0 Å². The molecule has 1 aromatic rings. The molecular formula is C13H21NO2S. The van der Waals surface area contributed by atoms with Gasteiger partial charge < -0.3 is 10.1 Å². The van der Waals surface area contributed by atoms with Crippen molar-refractivity contribution in [1.29, 1.82) is 0 Å². The van der Waals surface area contributed by atoms with Gasteiger partial charge in [-0.3, -0.25) is 4.79 Å². The molecule has 17 heavy (non-hydrogen) atoms. The zero-order valence-electron chi connectivity index (χ0n) is 10.9. The molecule has 4 heteroatoms. The highest BCUT2D eigenvalue weighted by molar-refractivity contribution is 7.10. The van der Waals surface area contributed by atoms with Gasteiger partial charge in [0.2, 0.25) is 5.91 Å². The minimum Gasteiger partial charge on any atom is -0.366 e. The summed E-state index contributed by atoms with van der Waals surface area (Å²) in [7, 11) is 0. The lowest BCUT2D eigenvalue weighted by molar-refractivity contribution is -0.131. The fourth-order valence-corrected chi connectivity index (χ4v) is 2.24. The molecule has 0 aliphatic rings. The van der Waals surface area contributed by atoms with Gasteiger partial charge in [0.15, 0.2) is 0 Å². The average Bonchev–Trinajstić information content (AvgIpc) is 2.75. The molecule has 0 aromatic carbocycles. The molecule has 0 saturated carbocycles. The van der Waals surface area contributed by atoms with Gasteiger partial charge in [-0.15, -0.1) is 11.3 Å². The molecule has 1 rings (SSSR count).